The summed E-state index contributed by atoms with van der Waals surface area (Å²) in [7, 11) is 0. The zero-order valence-corrected chi connectivity index (χ0v) is 35.9. The quantitative estimate of drug-likeness (QED) is 0.162. The molecular weight excluding hydrogens is 863 g/mol. The molecule has 2 fully saturated rings. The van der Waals surface area contributed by atoms with Gasteiger partial charge in [-0.3, -0.25) is 0 Å². The van der Waals surface area contributed by atoms with Gasteiger partial charge in [-0.25, -0.2) is 4.98 Å². The van der Waals surface area contributed by atoms with Crippen molar-refractivity contribution in [3.8, 4) is 22.5 Å². The molecule has 0 bridgehead atoms. The molecule has 0 atom stereocenters. The number of pyridine rings is 3. The fraction of sp³-hybridized carbons (Fsp3) is 0.471. The number of aromatic nitrogens is 3. The van der Waals surface area contributed by atoms with E-state index in [-0.39, 0.29) is 54.1 Å². The van der Waals surface area contributed by atoms with Crippen LogP contribution in [0.4, 0.5) is 0 Å². The Morgan fingerprint density at radius 3 is 2.32 bits per heavy atom. The van der Waals surface area contributed by atoms with Crippen molar-refractivity contribution >= 4 is 22.1 Å². The van der Waals surface area contributed by atoms with E-state index in [1.54, 1.807) is 45.2 Å². The normalized spacial score (nSPS) is 22.3. The Morgan fingerprint density at radius 1 is 0.857 bits per heavy atom. The first kappa shape index (κ1) is 27.9. The first-order valence-corrected chi connectivity index (χ1v) is 19.4. The van der Waals surface area contributed by atoms with Crippen molar-refractivity contribution in [2.24, 2.45) is 27.6 Å². The van der Waals surface area contributed by atoms with Gasteiger partial charge in [0.2, 0.25) is 5.71 Å². The molecule has 2 aliphatic carbocycles. The molecule has 1 radical (unpaired) electrons. The van der Waals surface area contributed by atoms with E-state index in [0.717, 1.165) is 36.5 Å². The number of hydrogen-bond acceptors (Lipinski definition) is 4. The third-order valence-electron chi connectivity index (χ3n) is 10.9. The molecule has 2 aromatic carbocycles. The van der Waals surface area contributed by atoms with Gasteiger partial charge in [0.1, 0.15) is 0 Å². The number of furan rings is 1. The summed E-state index contributed by atoms with van der Waals surface area (Å²) in [5.74, 6) is -0.0509. The average Bonchev–Trinajstić information content (AvgIpc) is 3.60. The minimum Gasteiger partial charge on any atom is -0.486 e. The average molecular weight is 937 g/mol. The molecule has 56 heavy (non-hydrogen) atoms. The molecule has 0 unspecified atom stereocenters. The molecule has 4 nitrogen and oxygen atoms in total. The minimum atomic E-state index is -2.51. The minimum absolute atomic E-state index is 0. The molecule has 5 heteroatoms. The Bertz CT molecular complexity index is 2780. The molecule has 8 rings (SSSR count). The SMILES string of the molecule is [2H]C([2H])([2H])c1c[c-]c(-c2cc(C([2H])([2H])C(C)(C)C)c(C([2H])([2H])[2H])cn2)cc1.[2H]C([2H])([2H])c1ccc2c(n1)oc1c(-c3cc(C([2H])([2H])C4CCC5(CC4)CC(C)(C)CC(C)(C)C5)ccn3)[c-]ccc12.[Ir]. The van der Waals surface area contributed by atoms with Crippen LogP contribution in [0.5, 0.6) is 0 Å². The predicted molar refractivity (Wildman–Crippen MR) is 229 cm³/mol. The largest absolute Gasteiger partial charge is 0.486 e. The molecule has 297 valence electrons. The summed E-state index contributed by atoms with van der Waals surface area (Å²) in [4.78, 5) is 13.0. The van der Waals surface area contributed by atoms with Gasteiger partial charge >= 0.3 is 0 Å². The molecule has 0 N–H and O–H groups in total. The van der Waals surface area contributed by atoms with Crippen molar-refractivity contribution in [1.82, 2.24) is 15.0 Å². The summed E-state index contributed by atoms with van der Waals surface area (Å²) in [5, 5.41) is 1.52. The van der Waals surface area contributed by atoms with Crippen molar-refractivity contribution in [3.05, 3.63) is 113 Å². The molecule has 2 saturated carbocycles. The number of aryl methyl sites for hydroxylation is 3. The van der Waals surface area contributed by atoms with Gasteiger partial charge in [-0.1, -0.05) is 89.5 Å². The second-order valence-electron chi connectivity index (χ2n) is 18.4. The van der Waals surface area contributed by atoms with Crippen molar-refractivity contribution in [3.63, 3.8) is 0 Å². The van der Waals surface area contributed by atoms with Crippen LogP contribution in [0.1, 0.15) is 139 Å². The van der Waals surface area contributed by atoms with Gasteiger partial charge in [0.15, 0.2) is 0 Å². The van der Waals surface area contributed by atoms with Crippen LogP contribution in [-0.4, -0.2) is 15.0 Å². The standard InChI is InChI=1S/C33H39N2O.C18H22N.Ir/c1-22-9-10-26-25-7-6-8-27(29(25)36-30(26)35-22)28-18-24(13-16-34-28)17-23-11-14-33(15-12-23)20-31(2,3)19-32(4,5)21-33;1-13-6-8-15(9-7-13)17-10-16(11-18(3,4)5)14(2)12-19-17;/h6-7,9-10,13,16,18,23H,11-12,14-15,17,19-21H2,1-5H3;6-8,10,12H,11H2,1-5H3;/q2*-1;/i1D3,17D2;1D3,2D3,11D2;. The van der Waals surface area contributed by atoms with Gasteiger partial charge in [0.25, 0.3) is 0 Å². The van der Waals surface area contributed by atoms with E-state index >= 15 is 0 Å². The van der Waals surface area contributed by atoms with Crippen molar-refractivity contribution in [1.29, 1.82) is 0 Å². The molecule has 6 aromatic rings. The molecular formula is C51H61IrN3O-2. The van der Waals surface area contributed by atoms with Crippen LogP contribution in [-0.2, 0) is 32.9 Å². The van der Waals surface area contributed by atoms with E-state index in [0.29, 0.717) is 49.9 Å². The maximum absolute atomic E-state index is 9.25. The summed E-state index contributed by atoms with van der Waals surface area (Å²) >= 11 is 0. The topological polar surface area (TPSA) is 51.8 Å². The van der Waals surface area contributed by atoms with Gasteiger partial charge in [0.05, 0.1) is 5.58 Å². The van der Waals surface area contributed by atoms with E-state index < -0.39 is 38.7 Å². The fourth-order valence-electron chi connectivity index (χ4n) is 9.64. The molecule has 1 spiro atoms. The Labute approximate surface area is 368 Å². The second-order valence-corrected chi connectivity index (χ2v) is 18.4. The third kappa shape index (κ3) is 9.89. The van der Waals surface area contributed by atoms with Gasteiger partial charge in [-0.2, -0.15) is 0 Å². The Balaban J connectivity index is 0.000000244. The first-order chi connectivity index (χ1) is 31.1. The number of rotatable bonds is 5. The zero-order valence-electron chi connectivity index (χ0n) is 46.5. The number of nitrogens with zero attached hydrogens (tertiary/aromatic N) is 3. The Hall–Kier alpha value is -3.66. The summed E-state index contributed by atoms with van der Waals surface area (Å²) in [6, 6.07) is 22.4. The maximum atomic E-state index is 9.25. The third-order valence-corrected chi connectivity index (χ3v) is 10.9. The van der Waals surface area contributed by atoms with Crippen LogP contribution in [0.15, 0.2) is 77.5 Å². The zero-order chi connectivity index (χ0) is 50.3. The van der Waals surface area contributed by atoms with Crippen LogP contribution in [0, 0.1) is 60.3 Å². The van der Waals surface area contributed by atoms with E-state index in [2.05, 4.69) is 54.8 Å². The van der Waals surface area contributed by atoms with Gasteiger partial charge < -0.3 is 14.4 Å². The molecule has 2 aliphatic rings. The van der Waals surface area contributed by atoms with Gasteiger partial charge in [0, 0.05) is 61.4 Å². The van der Waals surface area contributed by atoms with Gasteiger partial charge in [-0.05, 0) is 134 Å². The Morgan fingerprint density at radius 2 is 1.64 bits per heavy atom. The summed E-state index contributed by atoms with van der Waals surface area (Å²) in [6.45, 7) is 7.64. The summed E-state index contributed by atoms with van der Waals surface area (Å²) in [6.07, 6.45) is 7.09. The fourth-order valence-corrected chi connectivity index (χ4v) is 9.64. The number of hydrogen-bond donors (Lipinski definition) is 0. The predicted octanol–water partition coefficient (Wildman–Crippen LogP) is 13.9. The maximum Gasteiger partial charge on any atom is 0.216 e. The van der Waals surface area contributed by atoms with Crippen LogP contribution >= 0.6 is 0 Å². The van der Waals surface area contributed by atoms with Crippen molar-refractivity contribution < 1.29 is 42.3 Å². The molecule has 4 aromatic heterocycles. The molecule has 0 amide bonds. The van der Waals surface area contributed by atoms with E-state index in [1.165, 1.54) is 55.8 Å². The van der Waals surface area contributed by atoms with Crippen LogP contribution in [0.3, 0.4) is 0 Å². The van der Waals surface area contributed by atoms with E-state index in [9.17, 15) is 2.74 Å². The second kappa shape index (κ2) is 16.3. The van der Waals surface area contributed by atoms with Crippen LogP contribution < -0.4 is 0 Å². The van der Waals surface area contributed by atoms with Crippen LogP contribution in [0.25, 0.3) is 44.6 Å². The Kier molecular flexibility index (Phi) is 8.12. The van der Waals surface area contributed by atoms with E-state index in [1.807, 2.05) is 12.1 Å². The van der Waals surface area contributed by atoms with Crippen LogP contribution in [0.2, 0.25) is 0 Å². The summed E-state index contributed by atoms with van der Waals surface area (Å²) in [5.41, 5.74) is 3.55. The molecule has 4 heterocycles. The van der Waals surface area contributed by atoms with Crippen molar-refractivity contribution in [2.45, 2.75) is 127 Å². The number of benzene rings is 2. The first-order valence-electron chi connectivity index (χ1n) is 25.9. The molecule has 0 aliphatic heterocycles. The van der Waals surface area contributed by atoms with E-state index in [4.69, 9.17) is 19.5 Å². The molecule has 0 saturated heterocycles. The number of fused-ring (bicyclic) bond motifs is 3. The monoisotopic (exact) mass is 938 g/mol. The van der Waals surface area contributed by atoms with Gasteiger partial charge in [-0.15, -0.1) is 53.6 Å². The smallest absolute Gasteiger partial charge is 0.216 e. The van der Waals surface area contributed by atoms with Crippen molar-refractivity contribution in [2.75, 3.05) is 0 Å². The summed E-state index contributed by atoms with van der Waals surface area (Å²) < 4.78 is 110.